The first-order valence-electron chi connectivity index (χ1n) is 9.62. The van der Waals surface area contributed by atoms with Crippen molar-refractivity contribution in [2.75, 3.05) is 25.7 Å². The molecule has 0 fully saturated rings. The van der Waals surface area contributed by atoms with E-state index in [0.717, 1.165) is 23.6 Å². The van der Waals surface area contributed by atoms with Crippen molar-refractivity contribution in [1.29, 1.82) is 0 Å². The lowest BCUT2D eigenvalue weighted by Crippen LogP contribution is -2.38. The smallest absolute Gasteiger partial charge is 0.264 e. The zero-order valence-corrected chi connectivity index (χ0v) is 19.2. The maximum absolute atomic E-state index is 11.8. The van der Waals surface area contributed by atoms with E-state index in [-0.39, 0.29) is 32.8 Å². The summed E-state index contributed by atoms with van der Waals surface area (Å²) in [5, 5.41) is 0. The van der Waals surface area contributed by atoms with Gasteiger partial charge in [0.1, 0.15) is 6.10 Å². The largest absolute Gasteiger partial charge is 0.374 e. The standard InChI is InChI=1S/C21H28O8S2/c1-30(22,23)28-14-13-20(27-16-19-11-7-4-8-12-19)21(29-31(2,24)25)17-26-15-18-9-5-3-6-10-18/h3-12,20-21H,13-17H2,1-2H3/t20-,21-/m0/s1. The van der Waals surface area contributed by atoms with Crippen molar-refractivity contribution in [2.45, 2.75) is 31.8 Å². The topological polar surface area (TPSA) is 105 Å². The van der Waals surface area contributed by atoms with E-state index in [1.54, 1.807) is 0 Å². The Hall–Kier alpha value is -1.82. The maximum atomic E-state index is 11.8. The Balaban J connectivity index is 2.09. The highest BCUT2D eigenvalue weighted by Crippen LogP contribution is 2.16. The fourth-order valence-electron chi connectivity index (χ4n) is 2.76. The molecule has 0 unspecified atom stereocenters. The molecule has 31 heavy (non-hydrogen) atoms. The van der Waals surface area contributed by atoms with E-state index >= 15 is 0 Å². The Morgan fingerprint density at radius 1 is 0.742 bits per heavy atom. The van der Waals surface area contributed by atoms with Crippen LogP contribution in [-0.4, -0.2) is 54.8 Å². The number of hydrogen-bond acceptors (Lipinski definition) is 8. The van der Waals surface area contributed by atoms with Gasteiger partial charge in [0, 0.05) is 6.42 Å². The summed E-state index contributed by atoms with van der Waals surface area (Å²) < 4.78 is 67.9. The number of hydrogen-bond donors (Lipinski definition) is 0. The summed E-state index contributed by atoms with van der Waals surface area (Å²) in [6.45, 7) is 0.198. The van der Waals surface area contributed by atoms with Gasteiger partial charge in [-0.25, -0.2) is 0 Å². The SMILES string of the molecule is CS(=O)(=O)OCC[C@H](OCc1ccccc1)[C@H](COCc1ccccc1)OS(C)(=O)=O. The first-order valence-corrected chi connectivity index (χ1v) is 13.3. The third-order valence-electron chi connectivity index (χ3n) is 4.11. The van der Waals surface area contributed by atoms with Gasteiger partial charge >= 0.3 is 0 Å². The first-order chi connectivity index (χ1) is 14.6. The molecular weight excluding hydrogens is 444 g/mol. The number of ether oxygens (including phenoxy) is 2. The van der Waals surface area contributed by atoms with Gasteiger partial charge < -0.3 is 9.47 Å². The first kappa shape index (κ1) is 25.4. The second-order valence-electron chi connectivity index (χ2n) is 6.99. The van der Waals surface area contributed by atoms with Gasteiger partial charge in [0.15, 0.2) is 0 Å². The molecule has 0 saturated carbocycles. The van der Waals surface area contributed by atoms with Crippen LogP contribution in [0.1, 0.15) is 17.5 Å². The third kappa shape index (κ3) is 11.4. The molecule has 172 valence electrons. The van der Waals surface area contributed by atoms with Gasteiger partial charge in [-0.1, -0.05) is 60.7 Å². The Bertz CT molecular complexity index is 977. The van der Waals surface area contributed by atoms with Crippen LogP contribution in [0.25, 0.3) is 0 Å². The molecule has 2 atom stereocenters. The molecule has 0 spiro atoms. The van der Waals surface area contributed by atoms with E-state index in [0.29, 0.717) is 0 Å². The minimum atomic E-state index is -3.82. The average molecular weight is 473 g/mol. The summed E-state index contributed by atoms with van der Waals surface area (Å²) in [6.07, 6.45) is 0.214. The molecule has 0 bridgehead atoms. The minimum absolute atomic E-state index is 0.0692. The second kappa shape index (κ2) is 12.3. The van der Waals surface area contributed by atoms with Crippen LogP contribution in [0.3, 0.4) is 0 Å². The van der Waals surface area contributed by atoms with Crippen molar-refractivity contribution in [2.24, 2.45) is 0 Å². The monoisotopic (exact) mass is 472 g/mol. The molecule has 0 N–H and O–H groups in total. The Morgan fingerprint density at radius 2 is 1.29 bits per heavy atom. The van der Waals surface area contributed by atoms with E-state index in [1.165, 1.54) is 0 Å². The van der Waals surface area contributed by atoms with Crippen LogP contribution in [0.4, 0.5) is 0 Å². The summed E-state index contributed by atoms with van der Waals surface area (Å²) in [5.74, 6) is 0. The van der Waals surface area contributed by atoms with Gasteiger partial charge in [-0.15, -0.1) is 0 Å². The van der Waals surface area contributed by atoms with Gasteiger partial charge in [-0.2, -0.15) is 16.8 Å². The maximum Gasteiger partial charge on any atom is 0.264 e. The van der Waals surface area contributed by atoms with Crippen LogP contribution in [0.2, 0.25) is 0 Å². The van der Waals surface area contributed by atoms with E-state index in [4.69, 9.17) is 17.8 Å². The van der Waals surface area contributed by atoms with E-state index in [2.05, 4.69) is 0 Å². The molecule has 8 nitrogen and oxygen atoms in total. The predicted octanol–water partition coefficient (Wildman–Crippen LogP) is 2.50. The fraction of sp³-hybridized carbons (Fsp3) is 0.429. The number of benzene rings is 2. The molecular formula is C21H28O8S2. The van der Waals surface area contributed by atoms with Gasteiger partial charge in [-0.05, 0) is 11.1 Å². The summed E-state index contributed by atoms with van der Waals surface area (Å²) in [5.41, 5.74) is 1.79. The summed E-state index contributed by atoms with van der Waals surface area (Å²) in [4.78, 5) is 0. The van der Waals surface area contributed by atoms with E-state index < -0.39 is 32.4 Å². The number of rotatable bonds is 14. The van der Waals surface area contributed by atoms with Crippen LogP contribution in [-0.2, 0) is 51.3 Å². The van der Waals surface area contributed by atoms with E-state index in [9.17, 15) is 16.8 Å². The lowest BCUT2D eigenvalue weighted by molar-refractivity contribution is -0.0736. The quantitative estimate of drug-likeness (QED) is 0.386. The van der Waals surface area contributed by atoms with Crippen LogP contribution >= 0.6 is 0 Å². The normalized spacial score (nSPS) is 14.3. The van der Waals surface area contributed by atoms with Gasteiger partial charge in [0.2, 0.25) is 0 Å². The molecule has 0 aromatic heterocycles. The third-order valence-corrected chi connectivity index (χ3v) is 5.31. The second-order valence-corrected chi connectivity index (χ2v) is 10.2. The molecule has 0 aliphatic heterocycles. The molecule has 2 aromatic rings. The van der Waals surface area contributed by atoms with E-state index in [1.807, 2.05) is 60.7 Å². The average Bonchev–Trinajstić information content (AvgIpc) is 2.70. The molecule has 10 heteroatoms. The van der Waals surface area contributed by atoms with Crippen molar-refractivity contribution in [3.63, 3.8) is 0 Å². The van der Waals surface area contributed by atoms with Crippen LogP contribution in [0.5, 0.6) is 0 Å². The van der Waals surface area contributed by atoms with Crippen molar-refractivity contribution < 1.29 is 34.7 Å². The Morgan fingerprint density at radius 3 is 1.81 bits per heavy atom. The van der Waals surface area contributed by atoms with Crippen LogP contribution < -0.4 is 0 Å². The van der Waals surface area contributed by atoms with Crippen LogP contribution in [0.15, 0.2) is 60.7 Å². The molecule has 0 saturated heterocycles. The van der Waals surface area contributed by atoms with Crippen molar-refractivity contribution in [3.8, 4) is 0 Å². The van der Waals surface area contributed by atoms with Crippen molar-refractivity contribution in [3.05, 3.63) is 71.8 Å². The highest BCUT2D eigenvalue weighted by molar-refractivity contribution is 7.86. The molecule has 0 amide bonds. The molecule has 2 rings (SSSR count). The minimum Gasteiger partial charge on any atom is -0.374 e. The van der Waals surface area contributed by atoms with Gasteiger partial charge in [-0.3, -0.25) is 8.37 Å². The summed E-state index contributed by atoms with van der Waals surface area (Å²) >= 11 is 0. The zero-order chi connectivity index (χ0) is 22.7. The van der Waals surface area contributed by atoms with Gasteiger partial charge in [0.25, 0.3) is 20.2 Å². The molecule has 0 heterocycles. The fourth-order valence-corrected chi connectivity index (χ4v) is 3.79. The predicted molar refractivity (Wildman–Crippen MR) is 116 cm³/mol. The molecule has 0 aliphatic carbocycles. The Labute approximate surface area is 184 Å². The highest BCUT2D eigenvalue weighted by Gasteiger charge is 2.28. The molecule has 0 aliphatic rings. The lowest BCUT2D eigenvalue weighted by atomic mass is 10.1. The molecule has 0 radical (unpaired) electrons. The summed E-state index contributed by atoms with van der Waals surface area (Å²) in [7, 11) is -7.47. The van der Waals surface area contributed by atoms with Gasteiger partial charge in [0.05, 0.1) is 45.0 Å². The summed E-state index contributed by atoms with van der Waals surface area (Å²) in [6, 6.07) is 18.7. The molecule has 2 aromatic carbocycles. The Kier molecular flexibility index (Phi) is 10.1. The highest BCUT2D eigenvalue weighted by atomic mass is 32.2. The van der Waals surface area contributed by atoms with Crippen LogP contribution in [0, 0.1) is 0 Å². The zero-order valence-electron chi connectivity index (χ0n) is 17.5. The lowest BCUT2D eigenvalue weighted by Gasteiger charge is -2.26. The van der Waals surface area contributed by atoms with Crippen molar-refractivity contribution >= 4 is 20.2 Å². The van der Waals surface area contributed by atoms with Crippen molar-refractivity contribution in [1.82, 2.24) is 0 Å².